The molecule has 0 aliphatic carbocycles. The topological polar surface area (TPSA) is 225 Å². The zero-order chi connectivity index (χ0) is 38.5. The fourth-order valence-electron chi connectivity index (χ4n) is 4.96. The van der Waals surface area contributed by atoms with Gasteiger partial charge in [0, 0.05) is 63.4 Å². The SMILES string of the molecule is C.Nc1cc(-c2ccccn2)nc2ccncc12.O=C(O)c1cc(-c2ccccn2)nc2ccncc12.[N-]=[N+]=NP(=O)(Oc1ccccc1)Oc1ccccc1. The summed E-state index contributed by atoms with van der Waals surface area (Å²) in [4.78, 5) is 42.3. The second-order valence-electron chi connectivity index (χ2n) is 11.1. The molecule has 6 heterocycles. The maximum absolute atomic E-state index is 12.3. The van der Waals surface area contributed by atoms with E-state index in [-0.39, 0.29) is 13.0 Å². The Bertz CT molecular complexity index is 2590. The van der Waals surface area contributed by atoms with Crippen LogP contribution < -0.4 is 14.8 Å². The molecule has 0 atom stereocenters. The summed E-state index contributed by atoms with van der Waals surface area (Å²) < 4.78 is 22.6. The first-order valence-corrected chi connectivity index (χ1v) is 17.8. The lowest BCUT2D eigenvalue weighted by atomic mass is 10.1. The second kappa shape index (κ2) is 18.9. The molecule has 0 fully saturated rings. The number of hydrogen-bond donors (Lipinski definition) is 2. The van der Waals surface area contributed by atoms with Crippen molar-refractivity contribution in [3.05, 3.63) is 175 Å². The molecule has 0 aliphatic heterocycles. The van der Waals surface area contributed by atoms with Crippen LogP contribution in [-0.4, -0.2) is 41.0 Å². The van der Waals surface area contributed by atoms with E-state index < -0.39 is 13.7 Å². The maximum atomic E-state index is 12.3. The van der Waals surface area contributed by atoms with Gasteiger partial charge >= 0.3 is 13.7 Å². The number of rotatable bonds is 8. The van der Waals surface area contributed by atoms with Crippen molar-refractivity contribution in [1.29, 1.82) is 0 Å². The molecule has 0 aliphatic rings. The number of carbonyl (C=O) groups is 1. The summed E-state index contributed by atoms with van der Waals surface area (Å²) in [6.45, 7) is 0. The quantitative estimate of drug-likeness (QED) is 0.0638. The van der Waals surface area contributed by atoms with Gasteiger partial charge in [-0.1, -0.05) is 56.0 Å². The molecule has 2 aromatic carbocycles. The fourth-order valence-corrected chi connectivity index (χ4v) is 5.95. The van der Waals surface area contributed by atoms with Crippen LogP contribution in [-0.2, 0) is 4.57 Å². The van der Waals surface area contributed by atoms with Crippen LogP contribution in [0.5, 0.6) is 11.5 Å². The van der Waals surface area contributed by atoms with Crippen LogP contribution in [0.1, 0.15) is 17.8 Å². The Morgan fingerprint density at radius 3 is 1.62 bits per heavy atom. The van der Waals surface area contributed by atoms with Crippen LogP contribution in [0.25, 0.3) is 55.0 Å². The van der Waals surface area contributed by atoms with E-state index in [0.29, 0.717) is 39.5 Å². The van der Waals surface area contributed by atoms with Gasteiger partial charge in [0.25, 0.3) is 0 Å². The number of aromatic nitrogens is 6. The van der Waals surface area contributed by atoms with E-state index in [2.05, 4.69) is 39.7 Å². The Kier molecular flexibility index (Phi) is 13.3. The van der Waals surface area contributed by atoms with Crippen molar-refractivity contribution in [3.63, 3.8) is 0 Å². The zero-order valence-electron chi connectivity index (χ0n) is 28.6. The first kappa shape index (κ1) is 39.5. The number of anilines is 1. The second-order valence-corrected chi connectivity index (χ2v) is 12.6. The molecule has 0 radical (unpaired) electrons. The van der Waals surface area contributed by atoms with Crippen molar-refractivity contribution < 1.29 is 23.5 Å². The van der Waals surface area contributed by atoms with Gasteiger partial charge in [0.1, 0.15) is 11.5 Å². The molecule has 8 rings (SSSR count). The molecule has 3 N–H and O–H groups in total. The number of fused-ring (bicyclic) bond motifs is 2. The summed E-state index contributed by atoms with van der Waals surface area (Å²) in [5.74, 6) is -0.402. The number of nitrogens with zero attached hydrogens (tertiary/aromatic N) is 9. The number of nitrogen functional groups attached to an aromatic ring is 1. The lowest BCUT2D eigenvalue weighted by Crippen LogP contribution is -2.01. The minimum Gasteiger partial charge on any atom is -0.478 e. The van der Waals surface area contributed by atoms with E-state index in [1.807, 2.05) is 36.4 Å². The number of carboxylic acids is 1. The fraction of sp³-hybridized carbons (Fsp3) is 0.0250. The third-order valence-corrected chi connectivity index (χ3v) is 8.60. The summed E-state index contributed by atoms with van der Waals surface area (Å²) in [5.41, 5.74) is 19.5. The monoisotopic (exact) mass is 764 g/mol. The van der Waals surface area contributed by atoms with Crippen LogP contribution in [0.15, 0.2) is 163 Å². The molecule has 0 bridgehead atoms. The highest BCUT2D eigenvalue weighted by Gasteiger charge is 2.26. The number of benzene rings is 2. The molecule has 16 heteroatoms. The Morgan fingerprint density at radius 2 is 1.14 bits per heavy atom. The van der Waals surface area contributed by atoms with Crippen LogP contribution in [0.3, 0.4) is 0 Å². The van der Waals surface area contributed by atoms with E-state index in [4.69, 9.17) is 20.3 Å². The van der Waals surface area contributed by atoms with Crippen molar-refractivity contribution in [2.24, 2.45) is 4.88 Å². The van der Waals surface area contributed by atoms with Crippen molar-refractivity contribution in [3.8, 4) is 34.3 Å². The van der Waals surface area contributed by atoms with Crippen LogP contribution in [0.2, 0.25) is 0 Å². The first-order valence-electron chi connectivity index (χ1n) is 16.3. The van der Waals surface area contributed by atoms with Gasteiger partial charge in [-0.15, -0.1) is 0 Å². The molecule has 8 aromatic rings. The first-order chi connectivity index (χ1) is 26.8. The third-order valence-electron chi connectivity index (χ3n) is 7.41. The highest BCUT2D eigenvalue weighted by atomic mass is 31.2. The predicted molar refractivity (Wildman–Crippen MR) is 215 cm³/mol. The van der Waals surface area contributed by atoms with Gasteiger partial charge in [-0.25, -0.2) is 19.3 Å². The largest absolute Gasteiger partial charge is 0.525 e. The van der Waals surface area contributed by atoms with Gasteiger partial charge in [-0.05, 0) is 78.3 Å². The van der Waals surface area contributed by atoms with Crippen LogP contribution in [0, 0.1) is 0 Å². The van der Waals surface area contributed by atoms with Crippen molar-refractivity contribution in [1.82, 2.24) is 29.9 Å². The summed E-state index contributed by atoms with van der Waals surface area (Å²) in [5, 5.41) is 10.7. The summed E-state index contributed by atoms with van der Waals surface area (Å²) in [6.07, 6.45) is 9.91. The summed E-state index contributed by atoms with van der Waals surface area (Å²) >= 11 is 0. The number of azide groups is 1. The number of carboxylic acid groups (broad SMARTS) is 1. The maximum Gasteiger partial charge on any atom is 0.525 e. The van der Waals surface area contributed by atoms with Gasteiger partial charge in [-0.3, -0.25) is 19.9 Å². The Balaban J connectivity index is 0.000000160. The van der Waals surface area contributed by atoms with Gasteiger partial charge < -0.3 is 19.9 Å². The number of hydrogen-bond acceptors (Lipinski definition) is 11. The Labute approximate surface area is 320 Å². The number of aromatic carboxylic acids is 1. The van der Waals surface area contributed by atoms with Crippen molar-refractivity contribution in [2.75, 3.05) is 5.73 Å². The van der Waals surface area contributed by atoms with E-state index in [9.17, 15) is 14.5 Å². The van der Waals surface area contributed by atoms with Gasteiger partial charge in [-0.2, -0.15) is 0 Å². The molecule has 0 unspecified atom stereocenters. The molecule has 0 spiro atoms. The third kappa shape index (κ3) is 10.2. The number of pyridine rings is 6. The van der Waals surface area contributed by atoms with Gasteiger partial charge in [0.15, 0.2) is 0 Å². The zero-order valence-corrected chi connectivity index (χ0v) is 29.5. The highest BCUT2D eigenvalue weighted by molar-refractivity contribution is 7.53. The average Bonchev–Trinajstić information content (AvgIpc) is 3.22. The highest BCUT2D eigenvalue weighted by Crippen LogP contribution is 2.50. The molecule has 0 amide bonds. The molecule has 278 valence electrons. The molecule has 0 saturated heterocycles. The Hall–Kier alpha value is -7.73. The lowest BCUT2D eigenvalue weighted by Gasteiger charge is -2.14. The van der Waals surface area contributed by atoms with E-state index in [1.54, 1.807) is 110 Å². The standard InChI is InChI=1S/C14H9N3O2.C13H10N4.C12H10N3O3P.CH4/c18-14(19)9-7-13(12-3-1-2-5-16-12)17-11-4-6-15-8-10(9)11;14-10-7-13(12-3-1-2-5-16-12)17-11-4-6-15-8-9(10)11;13-14-15-19(16,17-11-7-3-1-4-8-11)18-12-9-5-2-6-10-12;/h1-8H,(H,18,19);1-8H,(H2,14,17);1-10H;1H4. The van der Waals surface area contributed by atoms with E-state index in [0.717, 1.165) is 22.3 Å². The lowest BCUT2D eigenvalue weighted by molar-refractivity contribution is 0.0699. The van der Waals surface area contributed by atoms with Gasteiger partial charge in [0.2, 0.25) is 0 Å². The number of nitrogens with two attached hydrogens (primary N) is 1. The molecule has 6 aromatic heterocycles. The number of para-hydroxylation sites is 2. The minimum absolute atomic E-state index is 0. The van der Waals surface area contributed by atoms with E-state index in [1.165, 1.54) is 12.3 Å². The predicted octanol–water partition coefficient (Wildman–Crippen LogP) is 9.86. The smallest absolute Gasteiger partial charge is 0.478 e. The molecular formula is C40H33N10O5P. The Morgan fingerprint density at radius 1 is 0.661 bits per heavy atom. The molecule has 0 saturated carbocycles. The van der Waals surface area contributed by atoms with Crippen LogP contribution >= 0.6 is 7.75 Å². The van der Waals surface area contributed by atoms with Crippen molar-refractivity contribution >= 4 is 41.2 Å². The molecular weight excluding hydrogens is 731 g/mol. The van der Waals surface area contributed by atoms with E-state index >= 15 is 0 Å². The van der Waals surface area contributed by atoms with Gasteiger partial charge in [0.05, 0.1) is 39.4 Å². The average molecular weight is 765 g/mol. The normalized spacial score (nSPS) is 10.3. The van der Waals surface area contributed by atoms with Crippen molar-refractivity contribution in [2.45, 2.75) is 7.43 Å². The van der Waals surface area contributed by atoms with Crippen LogP contribution in [0.4, 0.5) is 5.69 Å². The molecule has 15 nitrogen and oxygen atoms in total. The molecule has 56 heavy (non-hydrogen) atoms. The minimum atomic E-state index is -3.95. The summed E-state index contributed by atoms with van der Waals surface area (Å²) in [7, 11) is -3.95. The summed E-state index contributed by atoms with van der Waals surface area (Å²) in [6, 6.07) is 34.8.